The van der Waals surface area contributed by atoms with E-state index in [9.17, 15) is 13.2 Å². The maximum Gasteiger partial charge on any atom is 0.490 e. The average molecular weight is 472 g/mol. The molecule has 1 N–H and O–H groups in total. The molecule has 1 aromatic carbocycles. The topological polar surface area (TPSA) is 84.8 Å². The molecule has 3 aromatic rings. The molecule has 2 aromatic heterocycles. The van der Waals surface area contributed by atoms with Gasteiger partial charge in [-0.15, -0.1) is 11.3 Å². The minimum atomic E-state index is -5.08. The highest BCUT2D eigenvalue weighted by atomic mass is 32.1. The number of hydrogen-bond donors (Lipinski definition) is 1. The van der Waals surface area contributed by atoms with Gasteiger partial charge in [0.25, 0.3) is 0 Å². The summed E-state index contributed by atoms with van der Waals surface area (Å²) in [6.07, 6.45) is -3.44. The minimum Gasteiger partial charge on any atom is -0.475 e. The number of fused-ring (bicyclic) bond motifs is 1. The molecular formula is C21H24F3N3O4S. The molecule has 3 rings (SSSR count). The van der Waals surface area contributed by atoms with Gasteiger partial charge in [-0.3, -0.25) is 0 Å². The Bertz CT molecular complexity index is 1000. The van der Waals surface area contributed by atoms with Crippen molar-refractivity contribution in [2.24, 2.45) is 0 Å². The summed E-state index contributed by atoms with van der Waals surface area (Å²) < 4.78 is 42.3. The molecule has 11 heteroatoms. The lowest BCUT2D eigenvalue weighted by Crippen LogP contribution is -2.31. The number of aliphatic carboxylic acids is 1. The maximum absolute atomic E-state index is 10.6. The number of alkyl halides is 3. The third-order valence-electron chi connectivity index (χ3n) is 4.39. The van der Waals surface area contributed by atoms with Crippen LogP contribution < -0.4 is 4.90 Å². The summed E-state index contributed by atoms with van der Waals surface area (Å²) in [6, 6.07) is 8.58. The van der Waals surface area contributed by atoms with E-state index in [1.54, 1.807) is 31.9 Å². The second-order valence-electron chi connectivity index (χ2n) is 6.67. The Morgan fingerprint density at radius 1 is 1.09 bits per heavy atom. The quantitative estimate of drug-likeness (QED) is 0.521. The number of aryl methyl sites for hydroxylation is 1. The number of rotatable bonds is 8. The third kappa shape index (κ3) is 6.87. The lowest BCUT2D eigenvalue weighted by Gasteiger charge is -2.24. The molecule has 0 spiro atoms. The molecule has 0 amide bonds. The van der Waals surface area contributed by atoms with Crippen molar-refractivity contribution in [2.75, 3.05) is 45.4 Å². The van der Waals surface area contributed by atoms with Gasteiger partial charge in [-0.25, -0.2) is 14.8 Å². The highest BCUT2D eigenvalue weighted by molar-refractivity contribution is 7.17. The molecule has 0 aliphatic carbocycles. The van der Waals surface area contributed by atoms with Crippen molar-refractivity contribution in [1.29, 1.82) is 0 Å². The lowest BCUT2D eigenvalue weighted by molar-refractivity contribution is -0.192. The normalized spacial score (nSPS) is 11.2. The van der Waals surface area contributed by atoms with Gasteiger partial charge in [0.05, 0.1) is 18.6 Å². The number of hydrogen-bond acceptors (Lipinski definition) is 7. The van der Waals surface area contributed by atoms with Crippen LogP contribution in [0.15, 0.2) is 36.0 Å². The van der Waals surface area contributed by atoms with E-state index in [4.69, 9.17) is 19.4 Å². The Hall–Kier alpha value is -2.76. The van der Waals surface area contributed by atoms with Crippen LogP contribution in [0.4, 0.5) is 19.0 Å². The van der Waals surface area contributed by atoms with Crippen LogP contribution in [0.3, 0.4) is 0 Å². The number of ether oxygens (including phenoxy) is 2. The van der Waals surface area contributed by atoms with Crippen LogP contribution >= 0.6 is 11.3 Å². The van der Waals surface area contributed by atoms with Crippen LogP contribution in [0.5, 0.6) is 0 Å². The third-order valence-corrected chi connectivity index (χ3v) is 5.27. The Morgan fingerprint density at radius 3 is 2.16 bits per heavy atom. The number of benzene rings is 1. The SMILES string of the molecule is COCCN(CCOC)c1ncnc2scc(-c3ccc(C)cc3)c12.O=C(O)C(F)(F)F. The van der Waals surface area contributed by atoms with E-state index < -0.39 is 12.1 Å². The average Bonchev–Trinajstić information content (AvgIpc) is 3.19. The van der Waals surface area contributed by atoms with E-state index in [1.165, 1.54) is 16.7 Å². The van der Waals surface area contributed by atoms with Crippen molar-refractivity contribution in [3.8, 4) is 11.1 Å². The number of nitrogens with zero attached hydrogens (tertiary/aromatic N) is 3. The summed E-state index contributed by atoms with van der Waals surface area (Å²) in [7, 11) is 3.43. The molecule has 174 valence electrons. The van der Waals surface area contributed by atoms with Gasteiger partial charge in [0.15, 0.2) is 0 Å². The van der Waals surface area contributed by atoms with Gasteiger partial charge in [0, 0.05) is 38.3 Å². The first-order valence-corrected chi connectivity index (χ1v) is 10.4. The second kappa shape index (κ2) is 11.7. The Labute approximate surface area is 187 Å². The first-order chi connectivity index (χ1) is 15.2. The van der Waals surface area contributed by atoms with Crippen molar-refractivity contribution in [3.05, 3.63) is 41.5 Å². The van der Waals surface area contributed by atoms with E-state index in [0.717, 1.165) is 29.1 Å². The van der Waals surface area contributed by atoms with E-state index in [-0.39, 0.29) is 0 Å². The van der Waals surface area contributed by atoms with Gasteiger partial charge in [-0.2, -0.15) is 13.2 Å². The lowest BCUT2D eigenvalue weighted by atomic mass is 10.0. The fraction of sp³-hybridized carbons (Fsp3) is 0.381. The van der Waals surface area contributed by atoms with Gasteiger partial charge in [0.1, 0.15) is 17.0 Å². The minimum absolute atomic E-state index is 0.638. The Morgan fingerprint density at radius 2 is 1.66 bits per heavy atom. The fourth-order valence-corrected chi connectivity index (χ4v) is 3.68. The Kier molecular flexibility index (Phi) is 9.36. The van der Waals surface area contributed by atoms with Crippen LogP contribution in [0.2, 0.25) is 0 Å². The van der Waals surface area contributed by atoms with Crippen LogP contribution in [-0.2, 0) is 14.3 Å². The number of thiophene rings is 1. The molecule has 0 bridgehead atoms. The Balaban J connectivity index is 0.000000451. The summed E-state index contributed by atoms with van der Waals surface area (Å²) in [4.78, 5) is 21.2. The zero-order valence-electron chi connectivity index (χ0n) is 17.8. The van der Waals surface area contributed by atoms with Gasteiger partial charge >= 0.3 is 12.1 Å². The van der Waals surface area contributed by atoms with Crippen molar-refractivity contribution >= 4 is 33.3 Å². The van der Waals surface area contributed by atoms with Crippen molar-refractivity contribution in [2.45, 2.75) is 13.1 Å². The second-order valence-corrected chi connectivity index (χ2v) is 7.53. The number of carboxylic acid groups (broad SMARTS) is 1. The van der Waals surface area contributed by atoms with Crippen LogP contribution in [0.25, 0.3) is 21.3 Å². The van der Waals surface area contributed by atoms with Gasteiger partial charge in [0.2, 0.25) is 0 Å². The molecule has 0 aliphatic rings. The van der Waals surface area contributed by atoms with Crippen molar-refractivity contribution < 1.29 is 32.5 Å². The molecule has 0 atom stereocenters. The van der Waals surface area contributed by atoms with Crippen LogP contribution in [0, 0.1) is 6.92 Å². The van der Waals surface area contributed by atoms with Gasteiger partial charge < -0.3 is 19.5 Å². The predicted molar refractivity (Wildman–Crippen MR) is 117 cm³/mol. The monoisotopic (exact) mass is 471 g/mol. The first-order valence-electron chi connectivity index (χ1n) is 9.51. The summed E-state index contributed by atoms with van der Waals surface area (Å²) in [6.45, 7) is 4.89. The fourth-order valence-electron chi connectivity index (χ4n) is 2.77. The number of halogens is 3. The highest BCUT2D eigenvalue weighted by Gasteiger charge is 2.38. The molecule has 0 aliphatic heterocycles. The van der Waals surface area contributed by atoms with E-state index in [0.29, 0.717) is 13.2 Å². The number of anilines is 1. The van der Waals surface area contributed by atoms with E-state index in [2.05, 4.69) is 51.4 Å². The molecule has 2 heterocycles. The molecule has 0 saturated heterocycles. The summed E-state index contributed by atoms with van der Waals surface area (Å²) in [5.41, 5.74) is 3.61. The smallest absolute Gasteiger partial charge is 0.475 e. The van der Waals surface area contributed by atoms with E-state index in [1.807, 2.05) is 0 Å². The zero-order valence-corrected chi connectivity index (χ0v) is 18.7. The summed E-state index contributed by atoms with van der Waals surface area (Å²) in [5, 5.41) is 10.4. The highest BCUT2D eigenvalue weighted by Crippen LogP contribution is 2.37. The summed E-state index contributed by atoms with van der Waals surface area (Å²) in [5.74, 6) is -1.82. The van der Waals surface area contributed by atoms with Crippen molar-refractivity contribution in [3.63, 3.8) is 0 Å². The molecule has 0 unspecified atom stereocenters. The van der Waals surface area contributed by atoms with E-state index >= 15 is 0 Å². The zero-order chi connectivity index (χ0) is 23.7. The first kappa shape index (κ1) is 25.5. The largest absolute Gasteiger partial charge is 0.490 e. The number of methoxy groups -OCH3 is 2. The maximum atomic E-state index is 10.6. The van der Waals surface area contributed by atoms with Crippen LogP contribution in [0.1, 0.15) is 5.56 Å². The number of carboxylic acids is 1. The predicted octanol–water partition coefficient (Wildman–Crippen LogP) is 4.40. The molecule has 32 heavy (non-hydrogen) atoms. The van der Waals surface area contributed by atoms with Crippen LogP contribution in [-0.4, -0.2) is 67.7 Å². The molecule has 7 nitrogen and oxygen atoms in total. The molecule has 0 saturated carbocycles. The molecule has 0 fully saturated rings. The molecular weight excluding hydrogens is 447 g/mol. The van der Waals surface area contributed by atoms with Gasteiger partial charge in [-0.05, 0) is 12.5 Å². The molecule has 0 radical (unpaired) electrons. The standard InChI is InChI=1S/C19H23N3O2S.C2HF3O2/c1-14-4-6-15(7-5-14)16-12-25-19-17(16)18(20-13-21-19)22(8-10-23-2)9-11-24-3;3-2(4,5)1(6)7/h4-7,12-13H,8-11H2,1-3H3;(H,6,7). The summed E-state index contributed by atoms with van der Waals surface area (Å²) >= 11 is 1.65. The number of carbonyl (C=O) groups is 1. The van der Waals surface area contributed by atoms with Crippen molar-refractivity contribution in [1.82, 2.24) is 9.97 Å². The number of aromatic nitrogens is 2. The van der Waals surface area contributed by atoms with Gasteiger partial charge in [-0.1, -0.05) is 29.8 Å².